The first-order chi connectivity index (χ1) is 5.74. The van der Waals surface area contributed by atoms with Crippen LogP contribution < -0.4 is 5.32 Å². The van der Waals surface area contributed by atoms with Gasteiger partial charge in [0, 0.05) is 25.4 Å². The Morgan fingerprint density at radius 2 is 2.50 bits per heavy atom. The van der Waals surface area contributed by atoms with Gasteiger partial charge in [0.05, 0.1) is 12.2 Å². The third kappa shape index (κ3) is 2.11. The van der Waals surface area contributed by atoms with Crippen LogP contribution in [0, 0.1) is 19.3 Å². The lowest BCUT2D eigenvalue weighted by Gasteiger charge is -1.97. The smallest absolute Gasteiger partial charge is 0.0638 e. The van der Waals surface area contributed by atoms with Crippen molar-refractivity contribution in [2.45, 2.75) is 13.5 Å². The first-order valence-electron chi connectivity index (χ1n) is 3.87. The number of hydrogen-bond acceptors (Lipinski definition) is 2. The molecular formula is C9H13N3. The van der Waals surface area contributed by atoms with E-state index < -0.39 is 0 Å². The molecule has 1 aromatic rings. The van der Waals surface area contributed by atoms with Gasteiger partial charge in [-0.15, -0.1) is 6.42 Å². The summed E-state index contributed by atoms with van der Waals surface area (Å²) in [6.07, 6.45) is 7.10. The molecule has 0 bridgehead atoms. The van der Waals surface area contributed by atoms with Gasteiger partial charge in [-0.1, -0.05) is 5.92 Å². The summed E-state index contributed by atoms with van der Waals surface area (Å²) in [7, 11) is 1.91. The molecular weight excluding hydrogens is 150 g/mol. The van der Waals surface area contributed by atoms with E-state index in [1.807, 2.05) is 24.9 Å². The van der Waals surface area contributed by atoms with Gasteiger partial charge in [-0.2, -0.15) is 5.10 Å². The van der Waals surface area contributed by atoms with Crippen molar-refractivity contribution in [2.75, 3.05) is 6.54 Å². The van der Waals surface area contributed by atoms with Crippen LogP contribution in [0.15, 0.2) is 6.20 Å². The summed E-state index contributed by atoms with van der Waals surface area (Å²) < 4.78 is 1.81. The minimum Gasteiger partial charge on any atom is -0.302 e. The molecule has 0 spiro atoms. The van der Waals surface area contributed by atoms with E-state index in [0.717, 1.165) is 12.2 Å². The molecule has 0 fully saturated rings. The van der Waals surface area contributed by atoms with E-state index in [-0.39, 0.29) is 0 Å². The van der Waals surface area contributed by atoms with E-state index in [1.165, 1.54) is 5.56 Å². The molecule has 0 amide bonds. The van der Waals surface area contributed by atoms with E-state index in [2.05, 4.69) is 16.3 Å². The molecule has 1 N–H and O–H groups in total. The molecule has 0 unspecified atom stereocenters. The molecule has 0 aliphatic rings. The standard InChI is InChI=1S/C9H13N3/c1-4-5-10-6-9-7-12(3)11-8(9)2/h1,7,10H,5-6H2,2-3H3. The van der Waals surface area contributed by atoms with Gasteiger partial charge in [-0.3, -0.25) is 4.68 Å². The third-order valence-electron chi connectivity index (χ3n) is 1.66. The first kappa shape index (κ1) is 8.82. The van der Waals surface area contributed by atoms with E-state index in [0.29, 0.717) is 6.54 Å². The Balaban J connectivity index is 2.52. The Hall–Kier alpha value is -1.27. The highest BCUT2D eigenvalue weighted by Gasteiger charge is 2.00. The normalized spacial score (nSPS) is 9.75. The second-order valence-corrected chi connectivity index (χ2v) is 2.72. The molecule has 3 nitrogen and oxygen atoms in total. The Labute approximate surface area is 72.8 Å². The summed E-state index contributed by atoms with van der Waals surface area (Å²) in [5.41, 5.74) is 2.26. The zero-order chi connectivity index (χ0) is 8.97. The van der Waals surface area contributed by atoms with Crippen molar-refractivity contribution in [3.8, 4) is 12.3 Å². The largest absolute Gasteiger partial charge is 0.302 e. The molecule has 0 radical (unpaired) electrons. The molecule has 1 rings (SSSR count). The fourth-order valence-corrected chi connectivity index (χ4v) is 1.09. The zero-order valence-electron chi connectivity index (χ0n) is 7.46. The fourth-order valence-electron chi connectivity index (χ4n) is 1.09. The lowest BCUT2D eigenvalue weighted by Crippen LogP contribution is -2.13. The van der Waals surface area contributed by atoms with Gasteiger partial charge < -0.3 is 5.32 Å². The molecule has 64 valence electrons. The van der Waals surface area contributed by atoms with Crippen LogP contribution in [0.5, 0.6) is 0 Å². The fraction of sp³-hybridized carbons (Fsp3) is 0.444. The molecule has 1 heterocycles. The van der Waals surface area contributed by atoms with Gasteiger partial charge in [0.2, 0.25) is 0 Å². The SMILES string of the molecule is C#CCNCc1cn(C)nc1C. The summed E-state index contributed by atoms with van der Waals surface area (Å²) >= 11 is 0. The zero-order valence-corrected chi connectivity index (χ0v) is 7.46. The van der Waals surface area contributed by atoms with Crippen molar-refractivity contribution in [1.82, 2.24) is 15.1 Å². The maximum atomic E-state index is 5.10. The number of terminal acetylenes is 1. The van der Waals surface area contributed by atoms with Crippen LogP contribution in [0.3, 0.4) is 0 Å². The maximum absolute atomic E-state index is 5.10. The molecule has 12 heavy (non-hydrogen) atoms. The van der Waals surface area contributed by atoms with Crippen LogP contribution in [0.2, 0.25) is 0 Å². The number of nitrogens with zero attached hydrogens (tertiary/aromatic N) is 2. The maximum Gasteiger partial charge on any atom is 0.0638 e. The quantitative estimate of drug-likeness (QED) is 0.518. The van der Waals surface area contributed by atoms with Gasteiger partial charge >= 0.3 is 0 Å². The molecule has 0 aliphatic carbocycles. The lowest BCUT2D eigenvalue weighted by molar-refractivity contribution is 0.753. The molecule has 0 saturated carbocycles. The van der Waals surface area contributed by atoms with Crippen molar-refractivity contribution >= 4 is 0 Å². The van der Waals surface area contributed by atoms with E-state index in [4.69, 9.17) is 6.42 Å². The monoisotopic (exact) mass is 163 g/mol. The summed E-state index contributed by atoms with van der Waals surface area (Å²) in [5.74, 6) is 2.53. The Morgan fingerprint density at radius 1 is 1.75 bits per heavy atom. The van der Waals surface area contributed by atoms with Crippen molar-refractivity contribution in [2.24, 2.45) is 7.05 Å². The predicted octanol–water partition coefficient (Wildman–Crippen LogP) is 0.451. The number of rotatable bonds is 3. The number of aryl methyl sites for hydroxylation is 2. The van der Waals surface area contributed by atoms with Crippen LogP contribution in [-0.4, -0.2) is 16.3 Å². The number of aromatic nitrogens is 2. The molecule has 0 aromatic carbocycles. The van der Waals surface area contributed by atoms with Gasteiger partial charge in [-0.25, -0.2) is 0 Å². The molecule has 1 aromatic heterocycles. The van der Waals surface area contributed by atoms with Crippen LogP contribution in [0.4, 0.5) is 0 Å². The van der Waals surface area contributed by atoms with Crippen molar-refractivity contribution in [3.63, 3.8) is 0 Å². The average Bonchev–Trinajstić information content (AvgIpc) is 2.31. The second-order valence-electron chi connectivity index (χ2n) is 2.72. The first-order valence-corrected chi connectivity index (χ1v) is 3.87. The topological polar surface area (TPSA) is 29.9 Å². The Morgan fingerprint density at radius 3 is 3.00 bits per heavy atom. The number of hydrogen-bond donors (Lipinski definition) is 1. The minimum absolute atomic E-state index is 0.605. The summed E-state index contributed by atoms with van der Waals surface area (Å²) in [6, 6.07) is 0. The Kier molecular flexibility index (Phi) is 2.89. The van der Waals surface area contributed by atoms with E-state index in [1.54, 1.807) is 0 Å². The third-order valence-corrected chi connectivity index (χ3v) is 1.66. The second kappa shape index (κ2) is 3.93. The molecule has 0 saturated heterocycles. The molecule has 0 atom stereocenters. The molecule has 3 heteroatoms. The summed E-state index contributed by atoms with van der Waals surface area (Å²) in [6.45, 7) is 3.39. The van der Waals surface area contributed by atoms with Gasteiger partial charge in [0.25, 0.3) is 0 Å². The van der Waals surface area contributed by atoms with Crippen LogP contribution in [-0.2, 0) is 13.6 Å². The van der Waals surface area contributed by atoms with Crippen LogP contribution in [0.25, 0.3) is 0 Å². The summed E-state index contributed by atoms with van der Waals surface area (Å²) in [5, 5.41) is 7.33. The van der Waals surface area contributed by atoms with E-state index in [9.17, 15) is 0 Å². The predicted molar refractivity (Wildman–Crippen MR) is 48.5 cm³/mol. The van der Waals surface area contributed by atoms with Crippen molar-refractivity contribution < 1.29 is 0 Å². The highest BCUT2D eigenvalue weighted by Crippen LogP contribution is 2.02. The Bertz CT molecular complexity index is 293. The summed E-state index contributed by atoms with van der Waals surface area (Å²) in [4.78, 5) is 0. The van der Waals surface area contributed by atoms with Crippen LogP contribution in [0.1, 0.15) is 11.3 Å². The van der Waals surface area contributed by atoms with Crippen molar-refractivity contribution in [1.29, 1.82) is 0 Å². The van der Waals surface area contributed by atoms with Gasteiger partial charge in [0.15, 0.2) is 0 Å². The van der Waals surface area contributed by atoms with Crippen LogP contribution >= 0.6 is 0 Å². The van der Waals surface area contributed by atoms with Gasteiger partial charge in [0.1, 0.15) is 0 Å². The molecule has 0 aliphatic heterocycles. The average molecular weight is 163 g/mol. The van der Waals surface area contributed by atoms with Gasteiger partial charge in [-0.05, 0) is 6.92 Å². The van der Waals surface area contributed by atoms with Crippen molar-refractivity contribution in [3.05, 3.63) is 17.5 Å². The number of nitrogens with one attached hydrogen (secondary N) is 1. The lowest BCUT2D eigenvalue weighted by atomic mass is 10.2. The highest BCUT2D eigenvalue weighted by atomic mass is 15.2. The highest BCUT2D eigenvalue weighted by molar-refractivity contribution is 5.14. The minimum atomic E-state index is 0.605. The van der Waals surface area contributed by atoms with E-state index >= 15 is 0 Å².